The highest BCUT2D eigenvalue weighted by Crippen LogP contribution is 2.33. The van der Waals surface area contributed by atoms with Crippen molar-refractivity contribution in [3.63, 3.8) is 0 Å². The first-order valence-corrected chi connectivity index (χ1v) is 7.76. The second-order valence-corrected chi connectivity index (χ2v) is 6.05. The molecule has 0 aromatic heterocycles. The summed E-state index contributed by atoms with van der Waals surface area (Å²) in [5.41, 5.74) is 2.68. The van der Waals surface area contributed by atoms with Crippen molar-refractivity contribution < 1.29 is 0 Å². The van der Waals surface area contributed by atoms with Crippen LogP contribution in [-0.4, -0.2) is 6.04 Å². The summed E-state index contributed by atoms with van der Waals surface area (Å²) in [4.78, 5) is 0. The fraction of sp³-hybridized carbons (Fsp3) is 0.333. The summed E-state index contributed by atoms with van der Waals surface area (Å²) < 4.78 is 0. The van der Waals surface area contributed by atoms with Gasteiger partial charge in [0.05, 0.1) is 0 Å². The number of rotatable bonds is 3. The second-order valence-electron chi connectivity index (χ2n) is 5.61. The summed E-state index contributed by atoms with van der Waals surface area (Å²) in [6.45, 7) is 0. The Bertz CT molecular complexity index is 527. The first kappa shape index (κ1) is 13.5. The van der Waals surface area contributed by atoms with Crippen LogP contribution in [-0.2, 0) is 0 Å². The van der Waals surface area contributed by atoms with Crippen molar-refractivity contribution in [1.82, 2.24) is 0 Å². The molecule has 0 saturated heterocycles. The maximum atomic E-state index is 5.91. The van der Waals surface area contributed by atoms with Crippen LogP contribution in [0.3, 0.4) is 0 Å². The zero-order valence-corrected chi connectivity index (χ0v) is 12.3. The summed E-state index contributed by atoms with van der Waals surface area (Å²) in [5.74, 6) is 0.736. The first-order valence-electron chi connectivity index (χ1n) is 7.38. The van der Waals surface area contributed by atoms with E-state index in [-0.39, 0.29) is 0 Å². The van der Waals surface area contributed by atoms with Gasteiger partial charge in [-0.25, -0.2) is 0 Å². The number of anilines is 1. The molecule has 0 spiro atoms. The SMILES string of the molecule is Clc1ccc(NC2CCC(c3ccccc3)CC2)cc1. The molecule has 3 rings (SSSR count). The van der Waals surface area contributed by atoms with Gasteiger partial charge < -0.3 is 5.32 Å². The topological polar surface area (TPSA) is 12.0 Å². The van der Waals surface area contributed by atoms with Gasteiger partial charge in [-0.1, -0.05) is 41.9 Å². The van der Waals surface area contributed by atoms with Crippen LogP contribution in [0, 0.1) is 0 Å². The van der Waals surface area contributed by atoms with Gasteiger partial charge in [-0.2, -0.15) is 0 Å². The van der Waals surface area contributed by atoms with Gasteiger partial charge in [-0.05, 0) is 61.4 Å². The molecule has 1 aliphatic rings. The molecule has 2 heteroatoms. The van der Waals surface area contributed by atoms with Crippen molar-refractivity contribution in [2.24, 2.45) is 0 Å². The quantitative estimate of drug-likeness (QED) is 0.787. The Morgan fingerprint density at radius 1 is 0.800 bits per heavy atom. The van der Waals surface area contributed by atoms with E-state index in [1.54, 1.807) is 0 Å². The second kappa shape index (κ2) is 6.32. The summed E-state index contributed by atoms with van der Waals surface area (Å²) in [7, 11) is 0. The molecule has 2 aromatic carbocycles. The van der Waals surface area contributed by atoms with E-state index in [4.69, 9.17) is 11.6 Å². The molecule has 20 heavy (non-hydrogen) atoms. The van der Waals surface area contributed by atoms with E-state index >= 15 is 0 Å². The molecule has 0 amide bonds. The summed E-state index contributed by atoms with van der Waals surface area (Å²) in [5, 5.41) is 4.42. The highest BCUT2D eigenvalue weighted by Gasteiger charge is 2.21. The van der Waals surface area contributed by atoms with E-state index in [1.165, 1.54) is 36.9 Å². The van der Waals surface area contributed by atoms with Gasteiger partial charge in [-0.3, -0.25) is 0 Å². The normalized spacial score (nSPS) is 22.4. The van der Waals surface area contributed by atoms with E-state index in [0.29, 0.717) is 6.04 Å². The molecule has 1 saturated carbocycles. The van der Waals surface area contributed by atoms with Crippen LogP contribution in [0.4, 0.5) is 5.69 Å². The predicted molar refractivity (Wildman–Crippen MR) is 86.5 cm³/mol. The molecule has 0 unspecified atom stereocenters. The van der Waals surface area contributed by atoms with Gasteiger partial charge in [0.2, 0.25) is 0 Å². The molecule has 0 aliphatic heterocycles. The van der Waals surface area contributed by atoms with Gasteiger partial charge >= 0.3 is 0 Å². The highest BCUT2D eigenvalue weighted by molar-refractivity contribution is 6.30. The van der Waals surface area contributed by atoms with Gasteiger partial charge in [0.25, 0.3) is 0 Å². The lowest BCUT2D eigenvalue weighted by molar-refractivity contribution is 0.412. The molecule has 1 fully saturated rings. The average molecular weight is 286 g/mol. The average Bonchev–Trinajstić information content (AvgIpc) is 2.51. The van der Waals surface area contributed by atoms with Crippen LogP contribution >= 0.6 is 11.6 Å². The predicted octanol–water partition coefficient (Wildman–Crippen LogP) is 5.48. The monoisotopic (exact) mass is 285 g/mol. The molecule has 0 heterocycles. The molecule has 0 bridgehead atoms. The third kappa shape index (κ3) is 3.34. The Morgan fingerprint density at radius 3 is 2.10 bits per heavy atom. The number of hydrogen-bond donors (Lipinski definition) is 1. The van der Waals surface area contributed by atoms with E-state index in [2.05, 4.69) is 47.8 Å². The Morgan fingerprint density at radius 2 is 1.45 bits per heavy atom. The zero-order valence-electron chi connectivity index (χ0n) is 11.6. The maximum absolute atomic E-state index is 5.91. The highest BCUT2D eigenvalue weighted by atomic mass is 35.5. The fourth-order valence-electron chi connectivity index (χ4n) is 3.08. The van der Waals surface area contributed by atoms with Crippen molar-refractivity contribution in [2.45, 2.75) is 37.6 Å². The molecule has 1 N–H and O–H groups in total. The third-order valence-corrected chi connectivity index (χ3v) is 4.47. The third-order valence-electron chi connectivity index (χ3n) is 4.21. The summed E-state index contributed by atoms with van der Waals surface area (Å²) in [6.07, 6.45) is 5.02. The minimum absolute atomic E-state index is 0.594. The minimum atomic E-state index is 0.594. The van der Waals surface area contributed by atoms with E-state index in [1.807, 2.05) is 12.1 Å². The standard InChI is InChI=1S/C18H20ClN/c19-16-8-12-18(13-9-16)20-17-10-6-15(7-11-17)14-4-2-1-3-5-14/h1-5,8-9,12-13,15,17,20H,6-7,10-11H2. The van der Waals surface area contributed by atoms with Crippen molar-refractivity contribution in [2.75, 3.05) is 5.32 Å². The molecular weight excluding hydrogens is 266 g/mol. The zero-order chi connectivity index (χ0) is 13.8. The molecular formula is C18H20ClN. The van der Waals surface area contributed by atoms with E-state index in [0.717, 1.165) is 10.9 Å². The van der Waals surface area contributed by atoms with Gasteiger partial charge in [0.15, 0.2) is 0 Å². The van der Waals surface area contributed by atoms with Crippen LogP contribution in [0.15, 0.2) is 54.6 Å². The number of nitrogens with one attached hydrogen (secondary N) is 1. The minimum Gasteiger partial charge on any atom is -0.382 e. The van der Waals surface area contributed by atoms with Crippen molar-refractivity contribution in [3.8, 4) is 0 Å². The number of benzene rings is 2. The molecule has 1 nitrogen and oxygen atoms in total. The van der Waals surface area contributed by atoms with E-state index < -0.39 is 0 Å². The van der Waals surface area contributed by atoms with Gasteiger partial charge in [0.1, 0.15) is 0 Å². The largest absolute Gasteiger partial charge is 0.382 e. The fourth-order valence-corrected chi connectivity index (χ4v) is 3.20. The van der Waals surface area contributed by atoms with Crippen LogP contribution in [0.1, 0.15) is 37.2 Å². The number of halogens is 1. The van der Waals surface area contributed by atoms with E-state index in [9.17, 15) is 0 Å². The molecule has 0 radical (unpaired) electrons. The lowest BCUT2D eigenvalue weighted by atomic mass is 9.82. The van der Waals surface area contributed by atoms with Crippen LogP contribution in [0.5, 0.6) is 0 Å². The van der Waals surface area contributed by atoms with Crippen LogP contribution in [0.2, 0.25) is 5.02 Å². The summed E-state index contributed by atoms with van der Waals surface area (Å²) in [6, 6.07) is 19.5. The van der Waals surface area contributed by atoms with Crippen molar-refractivity contribution in [3.05, 3.63) is 65.2 Å². The molecule has 0 atom stereocenters. The van der Waals surface area contributed by atoms with Gasteiger partial charge in [-0.15, -0.1) is 0 Å². The van der Waals surface area contributed by atoms with Crippen LogP contribution in [0.25, 0.3) is 0 Å². The van der Waals surface area contributed by atoms with Crippen LogP contribution < -0.4 is 5.32 Å². The molecule has 1 aliphatic carbocycles. The smallest absolute Gasteiger partial charge is 0.0407 e. The Hall–Kier alpha value is -1.47. The lowest BCUT2D eigenvalue weighted by Gasteiger charge is -2.30. The lowest BCUT2D eigenvalue weighted by Crippen LogP contribution is -2.25. The Kier molecular flexibility index (Phi) is 4.27. The Balaban J connectivity index is 1.55. The van der Waals surface area contributed by atoms with Gasteiger partial charge in [0, 0.05) is 16.8 Å². The summed E-state index contributed by atoms with van der Waals surface area (Å²) >= 11 is 5.91. The Labute approximate surface area is 126 Å². The first-order chi connectivity index (χ1) is 9.81. The molecule has 2 aromatic rings. The van der Waals surface area contributed by atoms with Crippen molar-refractivity contribution >= 4 is 17.3 Å². The number of hydrogen-bond acceptors (Lipinski definition) is 1. The van der Waals surface area contributed by atoms with Crippen molar-refractivity contribution in [1.29, 1.82) is 0 Å². The maximum Gasteiger partial charge on any atom is 0.0407 e. The molecule has 104 valence electrons.